The molecule has 0 aliphatic heterocycles. The first-order chi connectivity index (χ1) is 4.84. The molecular weight excluding hydrogens is 166 g/mol. The number of hydrogen-bond donors (Lipinski definition) is 0. The molecule has 0 aliphatic carbocycles. The molecular formula is C7H4ClNS. The molecule has 0 saturated heterocycles. The lowest BCUT2D eigenvalue weighted by molar-refractivity contribution is 1.54. The first-order valence-electron chi connectivity index (χ1n) is 2.64. The smallest absolute Gasteiger partial charge is 0.100 e. The maximum atomic E-state index is 8.18. The van der Waals surface area contributed by atoms with Gasteiger partial charge in [-0.25, -0.2) is 0 Å². The zero-order valence-electron chi connectivity index (χ0n) is 5.04. The number of hydrogen-bond acceptors (Lipinski definition) is 2. The molecule has 0 radical (unpaired) electrons. The van der Waals surface area contributed by atoms with Crippen molar-refractivity contribution in [3.8, 4) is 6.07 Å². The highest BCUT2D eigenvalue weighted by Gasteiger charge is 1.94. The van der Waals surface area contributed by atoms with Gasteiger partial charge < -0.3 is 0 Å². The van der Waals surface area contributed by atoms with Crippen LogP contribution < -0.4 is 0 Å². The molecule has 0 amide bonds. The Bertz CT molecular complexity index is 282. The highest BCUT2D eigenvalue weighted by Crippen LogP contribution is 2.23. The summed E-state index contributed by atoms with van der Waals surface area (Å²) in [7, 11) is 0. The van der Waals surface area contributed by atoms with Crippen LogP contribution in [0.5, 0.6) is 0 Å². The maximum Gasteiger partial charge on any atom is 0.100 e. The van der Waals surface area contributed by atoms with Crippen LogP contribution in [0.2, 0.25) is 4.34 Å². The monoisotopic (exact) mass is 169 g/mol. The van der Waals surface area contributed by atoms with Crippen LogP contribution in [-0.2, 0) is 0 Å². The topological polar surface area (TPSA) is 23.8 Å². The summed E-state index contributed by atoms with van der Waals surface area (Å²) in [6.45, 7) is 0. The zero-order chi connectivity index (χ0) is 7.40. The van der Waals surface area contributed by atoms with Crippen molar-refractivity contribution in [3.63, 3.8) is 0 Å². The number of halogens is 1. The predicted molar refractivity (Wildman–Crippen MR) is 44.0 cm³/mol. The minimum Gasteiger partial charge on any atom is -0.193 e. The molecule has 0 atom stereocenters. The van der Waals surface area contributed by atoms with Crippen molar-refractivity contribution in [1.82, 2.24) is 0 Å². The summed E-state index contributed by atoms with van der Waals surface area (Å²) >= 11 is 7.19. The number of thiophene rings is 1. The van der Waals surface area contributed by atoms with Crippen LogP contribution in [0.3, 0.4) is 0 Å². The van der Waals surface area contributed by atoms with E-state index in [1.807, 2.05) is 17.5 Å². The lowest BCUT2D eigenvalue weighted by atomic mass is 10.3. The maximum absolute atomic E-state index is 8.18. The molecule has 0 unspecified atom stereocenters. The van der Waals surface area contributed by atoms with Gasteiger partial charge >= 0.3 is 0 Å². The van der Waals surface area contributed by atoms with E-state index in [4.69, 9.17) is 16.9 Å². The van der Waals surface area contributed by atoms with Crippen molar-refractivity contribution in [2.45, 2.75) is 0 Å². The Hall–Kier alpha value is -0.780. The van der Waals surface area contributed by atoms with Crippen molar-refractivity contribution in [1.29, 1.82) is 5.26 Å². The van der Waals surface area contributed by atoms with E-state index in [1.54, 1.807) is 6.08 Å². The Kier molecular flexibility index (Phi) is 2.49. The van der Waals surface area contributed by atoms with Crippen molar-refractivity contribution < 1.29 is 0 Å². The summed E-state index contributed by atoms with van der Waals surface area (Å²) in [6.07, 6.45) is 3.10. The number of nitriles is 1. The quantitative estimate of drug-likeness (QED) is 0.593. The van der Waals surface area contributed by atoms with E-state index < -0.39 is 0 Å². The first kappa shape index (κ1) is 7.33. The standard InChI is InChI=1S/C7H4ClNS/c8-7-6(2-1-4-9)3-5-10-7/h1-3,5H. The molecule has 0 spiro atoms. The molecule has 0 aromatic carbocycles. The normalized spacial score (nSPS) is 10.0. The molecule has 0 N–H and O–H groups in total. The lowest BCUT2D eigenvalue weighted by Crippen LogP contribution is -1.60. The van der Waals surface area contributed by atoms with Crippen LogP contribution in [0.1, 0.15) is 5.56 Å². The SMILES string of the molecule is N#CC=Cc1ccsc1Cl. The molecule has 0 bridgehead atoms. The molecule has 50 valence electrons. The second-order valence-corrected chi connectivity index (χ2v) is 3.13. The van der Waals surface area contributed by atoms with E-state index in [0.717, 1.165) is 9.90 Å². The van der Waals surface area contributed by atoms with E-state index in [0.29, 0.717) is 0 Å². The summed E-state index contributed by atoms with van der Waals surface area (Å²) in [5.74, 6) is 0. The molecule has 0 fully saturated rings. The Balaban J connectivity index is 2.87. The summed E-state index contributed by atoms with van der Waals surface area (Å²) in [6, 6.07) is 3.77. The molecule has 0 aliphatic rings. The van der Waals surface area contributed by atoms with Gasteiger partial charge in [-0.05, 0) is 17.5 Å². The molecule has 3 heteroatoms. The fourth-order valence-corrected chi connectivity index (χ4v) is 1.44. The van der Waals surface area contributed by atoms with Gasteiger partial charge in [-0.3, -0.25) is 0 Å². The number of allylic oxidation sites excluding steroid dienone is 1. The third-order valence-electron chi connectivity index (χ3n) is 0.983. The van der Waals surface area contributed by atoms with Crippen LogP contribution in [0.25, 0.3) is 6.08 Å². The van der Waals surface area contributed by atoms with Crippen LogP contribution in [0, 0.1) is 11.3 Å². The Labute approximate surface area is 68.2 Å². The summed E-state index contributed by atoms with van der Waals surface area (Å²) in [5.41, 5.74) is 0.910. The average Bonchev–Trinajstić information content (AvgIpc) is 2.31. The Morgan fingerprint density at radius 3 is 3.00 bits per heavy atom. The minimum atomic E-state index is 0.728. The van der Waals surface area contributed by atoms with E-state index in [9.17, 15) is 0 Å². The van der Waals surface area contributed by atoms with Gasteiger partial charge in [0.1, 0.15) is 4.34 Å². The van der Waals surface area contributed by atoms with Crippen LogP contribution >= 0.6 is 22.9 Å². The van der Waals surface area contributed by atoms with Gasteiger partial charge in [0.15, 0.2) is 0 Å². The van der Waals surface area contributed by atoms with Crippen molar-refractivity contribution in [2.75, 3.05) is 0 Å². The van der Waals surface area contributed by atoms with Gasteiger partial charge in [0, 0.05) is 11.6 Å². The summed E-state index contributed by atoms with van der Waals surface area (Å²) in [5, 5.41) is 10.1. The van der Waals surface area contributed by atoms with E-state index in [1.165, 1.54) is 17.4 Å². The van der Waals surface area contributed by atoms with Crippen LogP contribution in [-0.4, -0.2) is 0 Å². The molecule has 0 saturated carbocycles. The first-order valence-corrected chi connectivity index (χ1v) is 3.89. The minimum absolute atomic E-state index is 0.728. The van der Waals surface area contributed by atoms with Crippen molar-refractivity contribution in [2.24, 2.45) is 0 Å². The fraction of sp³-hybridized carbons (Fsp3) is 0. The van der Waals surface area contributed by atoms with Crippen LogP contribution in [0.15, 0.2) is 17.5 Å². The van der Waals surface area contributed by atoms with Gasteiger partial charge in [-0.1, -0.05) is 11.6 Å². The van der Waals surface area contributed by atoms with Gasteiger partial charge in [0.25, 0.3) is 0 Å². The highest BCUT2D eigenvalue weighted by molar-refractivity contribution is 7.14. The molecule has 1 heterocycles. The van der Waals surface area contributed by atoms with Gasteiger partial charge in [-0.15, -0.1) is 11.3 Å². The van der Waals surface area contributed by atoms with Crippen molar-refractivity contribution >= 4 is 29.0 Å². The van der Waals surface area contributed by atoms with Gasteiger partial charge in [-0.2, -0.15) is 5.26 Å². The number of nitrogens with zero attached hydrogens (tertiary/aromatic N) is 1. The van der Waals surface area contributed by atoms with E-state index >= 15 is 0 Å². The molecule has 1 aromatic rings. The van der Waals surface area contributed by atoms with Gasteiger partial charge in [0.05, 0.1) is 6.07 Å². The molecule has 1 aromatic heterocycles. The number of rotatable bonds is 1. The summed E-state index contributed by atoms with van der Waals surface area (Å²) in [4.78, 5) is 0. The van der Waals surface area contributed by atoms with Crippen molar-refractivity contribution in [3.05, 3.63) is 27.4 Å². The average molecular weight is 170 g/mol. The second kappa shape index (κ2) is 3.40. The predicted octanol–water partition coefficient (Wildman–Crippen LogP) is 2.94. The Morgan fingerprint density at radius 1 is 1.70 bits per heavy atom. The third kappa shape index (κ3) is 1.60. The lowest BCUT2D eigenvalue weighted by Gasteiger charge is -1.81. The third-order valence-corrected chi connectivity index (χ3v) is 2.18. The second-order valence-electron chi connectivity index (χ2n) is 1.61. The largest absolute Gasteiger partial charge is 0.193 e. The fourth-order valence-electron chi connectivity index (χ4n) is 0.549. The highest BCUT2D eigenvalue weighted by atomic mass is 35.5. The zero-order valence-corrected chi connectivity index (χ0v) is 6.62. The Morgan fingerprint density at radius 2 is 2.50 bits per heavy atom. The van der Waals surface area contributed by atoms with Crippen LogP contribution in [0.4, 0.5) is 0 Å². The molecule has 10 heavy (non-hydrogen) atoms. The molecule has 1 rings (SSSR count). The summed E-state index contributed by atoms with van der Waals surface area (Å²) < 4.78 is 0.728. The van der Waals surface area contributed by atoms with E-state index in [-0.39, 0.29) is 0 Å². The molecule has 1 nitrogen and oxygen atoms in total. The van der Waals surface area contributed by atoms with Gasteiger partial charge in [0.2, 0.25) is 0 Å². The van der Waals surface area contributed by atoms with E-state index in [2.05, 4.69) is 0 Å².